The maximum Gasteiger partial charge on any atom is 0.302 e. The highest BCUT2D eigenvalue weighted by molar-refractivity contribution is 5.67. The third-order valence-electron chi connectivity index (χ3n) is 10.2. The van der Waals surface area contributed by atoms with Gasteiger partial charge in [-0.25, -0.2) is 0 Å². The van der Waals surface area contributed by atoms with Crippen molar-refractivity contribution in [2.24, 2.45) is 40.4 Å². The number of carbonyl (C=O) groups is 3. The lowest BCUT2D eigenvalue weighted by molar-refractivity contribution is -0.203. The first-order valence-electron chi connectivity index (χ1n) is 13.0. The highest BCUT2D eigenvalue weighted by Crippen LogP contribution is 2.68. The third-order valence-corrected chi connectivity index (χ3v) is 10.2. The lowest BCUT2D eigenvalue weighted by Gasteiger charge is -2.63. The normalized spacial score (nSPS) is 45.1. The van der Waals surface area contributed by atoms with Gasteiger partial charge in [-0.1, -0.05) is 13.8 Å². The lowest BCUT2D eigenvalue weighted by Crippen LogP contribution is -2.60. The molecule has 186 valence electrons. The second-order valence-corrected chi connectivity index (χ2v) is 11.9. The van der Waals surface area contributed by atoms with Crippen LogP contribution in [0.1, 0.15) is 92.9 Å². The monoisotopic (exact) mass is 462 g/mol. The van der Waals surface area contributed by atoms with Crippen LogP contribution in [0.3, 0.4) is 0 Å². The van der Waals surface area contributed by atoms with E-state index in [1.54, 1.807) is 0 Å². The number of esters is 3. The molecule has 4 rings (SSSR count). The van der Waals surface area contributed by atoms with Gasteiger partial charge < -0.3 is 14.2 Å². The number of carbonyl (C=O) groups excluding carboxylic acids is 3. The van der Waals surface area contributed by atoms with Gasteiger partial charge in [-0.05, 0) is 86.9 Å². The first-order chi connectivity index (χ1) is 15.5. The van der Waals surface area contributed by atoms with Crippen LogP contribution in [0.2, 0.25) is 0 Å². The molecule has 0 saturated heterocycles. The fraction of sp³-hybridized carbons (Fsp3) is 0.889. The number of ether oxygens (including phenoxy) is 3. The molecule has 0 bridgehead atoms. The summed E-state index contributed by atoms with van der Waals surface area (Å²) in [5.74, 6) is 1.55. The quantitative estimate of drug-likeness (QED) is 0.429. The molecule has 0 N–H and O–H groups in total. The Hall–Kier alpha value is -1.59. The van der Waals surface area contributed by atoms with E-state index in [0.717, 1.165) is 51.4 Å². The van der Waals surface area contributed by atoms with E-state index in [4.69, 9.17) is 14.2 Å². The molecule has 0 aromatic rings. The zero-order valence-corrected chi connectivity index (χ0v) is 21.2. The molecule has 10 atom stereocenters. The molecule has 0 spiro atoms. The van der Waals surface area contributed by atoms with Crippen LogP contribution in [0, 0.1) is 40.4 Å². The van der Waals surface area contributed by atoms with Crippen molar-refractivity contribution in [3.8, 4) is 0 Å². The minimum Gasteiger partial charge on any atom is -0.463 e. The van der Waals surface area contributed by atoms with E-state index in [1.165, 1.54) is 20.8 Å². The van der Waals surface area contributed by atoms with Crippen molar-refractivity contribution in [3.05, 3.63) is 0 Å². The Labute approximate surface area is 198 Å². The van der Waals surface area contributed by atoms with Gasteiger partial charge in [-0.2, -0.15) is 0 Å². The predicted molar refractivity (Wildman–Crippen MR) is 123 cm³/mol. The van der Waals surface area contributed by atoms with Gasteiger partial charge in [0.2, 0.25) is 0 Å². The zero-order valence-electron chi connectivity index (χ0n) is 21.2. The molecule has 33 heavy (non-hydrogen) atoms. The van der Waals surface area contributed by atoms with Crippen molar-refractivity contribution in [2.45, 2.75) is 111 Å². The van der Waals surface area contributed by atoms with E-state index in [0.29, 0.717) is 23.7 Å². The fourth-order valence-electron chi connectivity index (χ4n) is 9.13. The smallest absolute Gasteiger partial charge is 0.302 e. The summed E-state index contributed by atoms with van der Waals surface area (Å²) >= 11 is 0. The average molecular weight is 463 g/mol. The number of rotatable bonds is 4. The number of hydrogen-bond acceptors (Lipinski definition) is 6. The highest BCUT2D eigenvalue weighted by Gasteiger charge is 2.65. The van der Waals surface area contributed by atoms with Crippen molar-refractivity contribution in [3.63, 3.8) is 0 Å². The minimum atomic E-state index is -0.225. The van der Waals surface area contributed by atoms with Gasteiger partial charge in [-0.3, -0.25) is 14.4 Å². The first kappa shape index (κ1) is 24.5. The van der Waals surface area contributed by atoms with Gasteiger partial charge in [0.05, 0.1) is 0 Å². The number of hydrogen-bond donors (Lipinski definition) is 0. The molecule has 0 aromatic heterocycles. The molecular formula is C27H42O6. The lowest BCUT2D eigenvalue weighted by atomic mass is 9.43. The Morgan fingerprint density at radius 2 is 1.55 bits per heavy atom. The molecule has 0 heterocycles. The summed E-state index contributed by atoms with van der Waals surface area (Å²) in [4.78, 5) is 35.5. The largest absolute Gasteiger partial charge is 0.463 e. The van der Waals surface area contributed by atoms with E-state index in [-0.39, 0.29) is 53.0 Å². The van der Waals surface area contributed by atoms with Crippen LogP contribution in [0.4, 0.5) is 0 Å². The summed E-state index contributed by atoms with van der Waals surface area (Å²) in [6, 6.07) is 0. The van der Waals surface area contributed by atoms with E-state index in [9.17, 15) is 14.4 Å². The second-order valence-electron chi connectivity index (χ2n) is 11.9. The van der Waals surface area contributed by atoms with Crippen LogP contribution >= 0.6 is 0 Å². The Balaban J connectivity index is 1.63. The van der Waals surface area contributed by atoms with Gasteiger partial charge in [0, 0.05) is 32.6 Å². The topological polar surface area (TPSA) is 78.9 Å². The molecule has 0 radical (unpaired) electrons. The van der Waals surface area contributed by atoms with E-state index < -0.39 is 0 Å². The summed E-state index contributed by atoms with van der Waals surface area (Å²) in [7, 11) is 0. The molecule has 4 saturated carbocycles. The Morgan fingerprint density at radius 1 is 0.848 bits per heavy atom. The van der Waals surface area contributed by atoms with Crippen molar-refractivity contribution in [1.29, 1.82) is 0 Å². The van der Waals surface area contributed by atoms with Gasteiger partial charge in [0.15, 0.2) is 0 Å². The van der Waals surface area contributed by atoms with Crippen LogP contribution in [-0.4, -0.2) is 36.2 Å². The first-order valence-corrected chi connectivity index (χ1v) is 13.0. The minimum absolute atomic E-state index is 0.00566. The van der Waals surface area contributed by atoms with Crippen molar-refractivity contribution >= 4 is 17.9 Å². The molecule has 4 aliphatic rings. The van der Waals surface area contributed by atoms with E-state index in [2.05, 4.69) is 13.8 Å². The van der Waals surface area contributed by atoms with Crippen molar-refractivity contribution in [1.82, 2.24) is 0 Å². The fourth-order valence-corrected chi connectivity index (χ4v) is 9.13. The number of fused-ring (bicyclic) bond motifs is 5. The van der Waals surface area contributed by atoms with Crippen LogP contribution in [-0.2, 0) is 28.6 Å². The summed E-state index contributed by atoms with van der Waals surface area (Å²) in [5, 5.41) is 0. The van der Waals surface area contributed by atoms with Crippen LogP contribution < -0.4 is 0 Å². The van der Waals surface area contributed by atoms with Gasteiger partial charge in [0.1, 0.15) is 18.3 Å². The van der Waals surface area contributed by atoms with Crippen molar-refractivity contribution < 1.29 is 28.6 Å². The summed E-state index contributed by atoms with van der Waals surface area (Å²) in [6.07, 6.45) is 7.89. The SMILES string of the molecule is CC(=O)O[C@@H]1CC[C@]2(C)[C@H](CC[C@H]3[C@@H]2[C@H](OC(C)=O)C[C@]2(C)[C@@H]([C@H](C)OC(C)=O)CC[C@@H]32)C1. The van der Waals surface area contributed by atoms with Crippen LogP contribution in [0.5, 0.6) is 0 Å². The Kier molecular flexibility index (Phi) is 6.60. The van der Waals surface area contributed by atoms with Gasteiger partial charge in [0.25, 0.3) is 0 Å². The molecule has 0 amide bonds. The Morgan fingerprint density at radius 3 is 2.18 bits per heavy atom. The second kappa shape index (κ2) is 8.88. The summed E-state index contributed by atoms with van der Waals surface area (Å²) in [5.41, 5.74) is 0.0783. The maximum atomic E-state index is 12.2. The highest BCUT2D eigenvalue weighted by atomic mass is 16.6. The van der Waals surface area contributed by atoms with Gasteiger partial charge in [-0.15, -0.1) is 0 Å². The van der Waals surface area contributed by atoms with E-state index in [1.807, 2.05) is 6.92 Å². The molecule has 4 aliphatic carbocycles. The zero-order chi connectivity index (χ0) is 24.1. The average Bonchev–Trinajstić information content (AvgIpc) is 3.03. The maximum absolute atomic E-state index is 12.2. The predicted octanol–water partition coefficient (Wildman–Crippen LogP) is 5.07. The summed E-state index contributed by atoms with van der Waals surface area (Å²) in [6.45, 7) is 11.3. The molecular weight excluding hydrogens is 420 g/mol. The van der Waals surface area contributed by atoms with Crippen molar-refractivity contribution in [2.75, 3.05) is 0 Å². The van der Waals surface area contributed by atoms with Crippen LogP contribution in [0.15, 0.2) is 0 Å². The van der Waals surface area contributed by atoms with Crippen LogP contribution in [0.25, 0.3) is 0 Å². The molecule has 0 unspecified atom stereocenters. The molecule has 6 nitrogen and oxygen atoms in total. The summed E-state index contributed by atoms with van der Waals surface area (Å²) < 4.78 is 17.4. The molecule has 4 fully saturated rings. The molecule has 0 aromatic carbocycles. The van der Waals surface area contributed by atoms with Gasteiger partial charge >= 0.3 is 17.9 Å². The Bertz CT molecular complexity index is 793. The molecule has 6 heteroatoms. The third kappa shape index (κ3) is 4.32. The van der Waals surface area contributed by atoms with E-state index >= 15 is 0 Å². The standard InChI is InChI=1S/C27H42O6/c1-15(31-16(2)28)22-9-10-23-21-8-7-19-13-20(32-17(3)29)11-12-26(19,5)25(21)24(33-18(4)30)14-27(22,23)6/h15,19-25H,7-14H2,1-6H3/t15-,19+,20+,21+,22+,23-,24+,25+,26+,27+/m0/s1. The molecule has 0 aliphatic heterocycles.